The van der Waals surface area contributed by atoms with Crippen molar-refractivity contribution in [2.24, 2.45) is 5.73 Å². The number of carboxylic acids is 1. The number of aliphatic carboxylic acids is 1. The van der Waals surface area contributed by atoms with E-state index < -0.39 is 11.5 Å². The van der Waals surface area contributed by atoms with Crippen molar-refractivity contribution in [1.29, 1.82) is 0 Å². The molecule has 1 heterocycles. The first kappa shape index (κ1) is 13.9. The molecule has 1 aliphatic rings. The Labute approximate surface area is 114 Å². The van der Waals surface area contributed by atoms with Gasteiger partial charge < -0.3 is 15.7 Å². The number of carbonyl (C=O) groups is 1. The van der Waals surface area contributed by atoms with E-state index >= 15 is 0 Å². The van der Waals surface area contributed by atoms with Crippen LogP contribution >= 0.6 is 0 Å². The Hall–Kier alpha value is -1.55. The van der Waals surface area contributed by atoms with Gasteiger partial charge in [-0.2, -0.15) is 0 Å². The fourth-order valence-electron chi connectivity index (χ4n) is 2.54. The largest absolute Gasteiger partial charge is 0.480 e. The monoisotopic (exact) mass is 262 g/mol. The van der Waals surface area contributed by atoms with E-state index in [4.69, 9.17) is 10.8 Å². The summed E-state index contributed by atoms with van der Waals surface area (Å²) in [6, 6.07) is 8.48. The molecule has 0 bridgehead atoms. The second-order valence-corrected chi connectivity index (χ2v) is 5.55. The summed E-state index contributed by atoms with van der Waals surface area (Å²) in [7, 11) is 0. The molecule has 19 heavy (non-hydrogen) atoms. The van der Waals surface area contributed by atoms with Crippen LogP contribution < -0.4 is 10.6 Å². The van der Waals surface area contributed by atoms with Gasteiger partial charge in [-0.1, -0.05) is 18.2 Å². The van der Waals surface area contributed by atoms with E-state index in [0.29, 0.717) is 6.42 Å². The minimum Gasteiger partial charge on any atom is -0.480 e. The van der Waals surface area contributed by atoms with E-state index in [-0.39, 0.29) is 0 Å². The maximum absolute atomic E-state index is 10.9. The number of benzene rings is 1. The topological polar surface area (TPSA) is 66.6 Å². The van der Waals surface area contributed by atoms with Crippen LogP contribution in [-0.2, 0) is 11.2 Å². The fourth-order valence-corrected chi connectivity index (χ4v) is 2.54. The highest BCUT2D eigenvalue weighted by molar-refractivity contribution is 5.77. The van der Waals surface area contributed by atoms with E-state index in [0.717, 1.165) is 32.4 Å². The Morgan fingerprint density at radius 3 is 2.89 bits per heavy atom. The first-order valence-corrected chi connectivity index (χ1v) is 6.86. The maximum Gasteiger partial charge on any atom is 0.323 e. The lowest BCUT2D eigenvalue weighted by Crippen LogP contribution is -2.44. The molecule has 0 radical (unpaired) electrons. The number of hydrogen-bond donors (Lipinski definition) is 2. The maximum atomic E-state index is 10.9. The van der Waals surface area contributed by atoms with Crippen molar-refractivity contribution in [2.75, 3.05) is 18.0 Å². The number of rotatable bonds is 6. The van der Waals surface area contributed by atoms with Gasteiger partial charge in [-0.15, -0.1) is 0 Å². The number of nitrogens with zero attached hydrogens (tertiary/aromatic N) is 1. The number of hydrogen-bond acceptors (Lipinski definition) is 3. The molecule has 0 spiro atoms. The minimum absolute atomic E-state index is 0.526. The normalized spacial score (nSPS) is 17.1. The quantitative estimate of drug-likeness (QED) is 0.770. The number of anilines is 1. The highest BCUT2D eigenvalue weighted by atomic mass is 16.4. The van der Waals surface area contributed by atoms with E-state index in [1.54, 1.807) is 6.92 Å². The van der Waals surface area contributed by atoms with Crippen molar-refractivity contribution in [3.8, 4) is 0 Å². The fraction of sp³-hybridized carbons (Fsp3) is 0.533. The van der Waals surface area contributed by atoms with Crippen LogP contribution in [0.3, 0.4) is 0 Å². The molecule has 0 aliphatic carbocycles. The molecule has 0 fully saturated rings. The summed E-state index contributed by atoms with van der Waals surface area (Å²) in [5.74, 6) is -0.918. The zero-order valence-corrected chi connectivity index (χ0v) is 11.4. The van der Waals surface area contributed by atoms with Gasteiger partial charge in [0, 0.05) is 18.8 Å². The molecule has 0 amide bonds. The van der Waals surface area contributed by atoms with Crippen LogP contribution in [0, 0.1) is 0 Å². The summed E-state index contributed by atoms with van der Waals surface area (Å²) in [6.07, 6.45) is 3.46. The SMILES string of the molecule is CC(N)(CCCCN1CCc2ccccc21)C(=O)O. The van der Waals surface area contributed by atoms with Crippen molar-refractivity contribution >= 4 is 11.7 Å². The van der Waals surface area contributed by atoms with Gasteiger partial charge in [-0.05, 0) is 44.2 Å². The average molecular weight is 262 g/mol. The van der Waals surface area contributed by atoms with E-state index in [1.165, 1.54) is 11.3 Å². The van der Waals surface area contributed by atoms with Crippen molar-refractivity contribution < 1.29 is 9.90 Å². The lowest BCUT2D eigenvalue weighted by atomic mass is 9.96. The van der Waals surface area contributed by atoms with Gasteiger partial charge in [-0.3, -0.25) is 4.79 Å². The van der Waals surface area contributed by atoms with Crippen molar-refractivity contribution in [2.45, 2.75) is 38.1 Å². The van der Waals surface area contributed by atoms with E-state index in [1.807, 2.05) is 0 Å². The highest BCUT2D eigenvalue weighted by Crippen LogP contribution is 2.27. The van der Waals surface area contributed by atoms with Gasteiger partial charge in [0.05, 0.1) is 0 Å². The van der Waals surface area contributed by atoms with Crippen LogP contribution in [0.4, 0.5) is 5.69 Å². The Kier molecular flexibility index (Phi) is 4.10. The van der Waals surface area contributed by atoms with Crippen molar-refractivity contribution in [1.82, 2.24) is 0 Å². The smallest absolute Gasteiger partial charge is 0.323 e. The Bertz CT molecular complexity index is 457. The Balaban J connectivity index is 1.78. The van der Waals surface area contributed by atoms with Crippen LogP contribution in [0.1, 0.15) is 31.7 Å². The van der Waals surface area contributed by atoms with Gasteiger partial charge in [0.1, 0.15) is 5.54 Å². The van der Waals surface area contributed by atoms with Gasteiger partial charge >= 0.3 is 5.97 Å². The molecule has 4 nitrogen and oxygen atoms in total. The van der Waals surface area contributed by atoms with Gasteiger partial charge in [0.15, 0.2) is 0 Å². The molecule has 1 unspecified atom stereocenters. The van der Waals surface area contributed by atoms with Crippen LogP contribution in [0.25, 0.3) is 0 Å². The molecule has 104 valence electrons. The first-order valence-electron chi connectivity index (χ1n) is 6.86. The lowest BCUT2D eigenvalue weighted by Gasteiger charge is -2.22. The molecule has 4 heteroatoms. The molecular formula is C15H22N2O2. The molecular weight excluding hydrogens is 240 g/mol. The predicted molar refractivity (Wildman–Crippen MR) is 76.4 cm³/mol. The molecule has 2 rings (SSSR count). The Morgan fingerprint density at radius 2 is 2.16 bits per heavy atom. The number of fused-ring (bicyclic) bond motifs is 1. The highest BCUT2D eigenvalue weighted by Gasteiger charge is 2.27. The second-order valence-electron chi connectivity index (χ2n) is 5.55. The number of para-hydroxylation sites is 1. The summed E-state index contributed by atoms with van der Waals surface area (Å²) in [5, 5.41) is 8.95. The molecule has 0 saturated carbocycles. The molecule has 0 aromatic heterocycles. The third kappa shape index (κ3) is 3.26. The zero-order chi connectivity index (χ0) is 13.9. The summed E-state index contributed by atoms with van der Waals surface area (Å²) < 4.78 is 0. The average Bonchev–Trinajstić information content (AvgIpc) is 2.78. The second kappa shape index (κ2) is 5.61. The summed E-state index contributed by atoms with van der Waals surface area (Å²) in [4.78, 5) is 13.3. The van der Waals surface area contributed by atoms with Gasteiger partial charge in [0.2, 0.25) is 0 Å². The van der Waals surface area contributed by atoms with Crippen LogP contribution in [0.15, 0.2) is 24.3 Å². The Morgan fingerprint density at radius 1 is 1.42 bits per heavy atom. The molecule has 0 saturated heterocycles. The first-order chi connectivity index (χ1) is 9.00. The van der Waals surface area contributed by atoms with Crippen LogP contribution in [0.2, 0.25) is 0 Å². The zero-order valence-electron chi connectivity index (χ0n) is 11.4. The summed E-state index contributed by atoms with van der Waals surface area (Å²) in [6.45, 7) is 3.63. The van der Waals surface area contributed by atoms with Crippen molar-refractivity contribution in [3.63, 3.8) is 0 Å². The summed E-state index contributed by atoms with van der Waals surface area (Å²) in [5.41, 5.74) is 7.37. The summed E-state index contributed by atoms with van der Waals surface area (Å²) >= 11 is 0. The third-order valence-electron chi connectivity index (χ3n) is 3.85. The van der Waals surface area contributed by atoms with E-state index in [2.05, 4.69) is 29.2 Å². The van der Waals surface area contributed by atoms with Crippen LogP contribution in [-0.4, -0.2) is 29.7 Å². The molecule has 1 atom stereocenters. The molecule has 1 aliphatic heterocycles. The molecule has 1 aromatic rings. The minimum atomic E-state index is -1.09. The van der Waals surface area contributed by atoms with Gasteiger partial charge in [-0.25, -0.2) is 0 Å². The molecule has 3 N–H and O–H groups in total. The van der Waals surface area contributed by atoms with Gasteiger partial charge in [0.25, 0.3) is 0 Å². The lowest BCUT2D eigenvalue weighted by molar-refractivity contribution is -0.142. The number of unbranched alkanes of at least 4 members (excludes halogenated alkanes) is 1. The number of nitrogens with two attached hydrogens (primary N) is 1. The predicted octanol–water partition coefficient (Wildman–Crippen LogP) is 2.02. The van der Waals surface area contributed by atoms with Crippen molar-refractivity contribution in [3.05, 3.63) is 29.8 Å². The standard InChI is InChI=1S/C15H22N2O2/c1-15(16,14(18)19)9-4-5-10-17-11-8-12-6-2-3-7-13(12)17/h2-3,6-7H,4-5,8-11,16H2,1H3,(H,18,19). The third-order valence-corrected chi connectivity index (χ3v) is 3.85. The number of carboxylic acid groups (broad SMARTS) is 1. The molecule has 1 aromatic carbocycles. The van der Waals surface area contributed by atoms with E-state index in [9.17, 15) is 4.79 Å². The van der Waals surface area contributed by atoms with Crippen LogP contribution in [0.5, 0.6) is 0 Å².